The fourth-order valence-corrected chi connectivity index (χ4v) is 2.42. The Hall–Kier alpha value is -1.75. The predicted octanol–water partition coefficient (Wildman–Crippen LogP) is 2.56. The zero-order valence-corrected chi connectivity index (χ0v) is 10.6. The van der Waals surface area contributed by atoms with Gasteiger partial charge in [0.25, 0.3) is 0 Å². The molecule has 0 bridgehead atoms. The Morgan fingerprint density at radius 3 is 2.71 bits per heavy atom. The minimum atomic E-state index is 0.314. The highest BCUT2D eigenvalue weighted by Crippen LogP contribution is 2.34. The van der Waals surface area contributed by atoms with Gasteiger partial charge in [-0.05, 0) is 19.1 Å². The Kier molecular flexibility index (Phi) is 3.49. The number of aromatic nitrogens is 2. The van der Waals surface area contributed by atoms with Crippen molar-refractivity contribution < 1.29 is 0 Å². The van der Waals surface area contributed by atoms with Crippen LogP contribution in [0.5, 0.6) is 0 Å². The zero-order chi connectivity index (χ0) is 12.3. The molecule has 0 radical (unpaired) electrons. The number of hydrogen-bond acceptors (Lipinski definition) is 5. The fourth-order valence-electron chi connectivity index (χ4n) is 1.45. The fraction of sp³-hybridized carbons (Fsp3) is 0.167. The van der Waals surface area contributed by atoms with Crippen LogP contribution in [0.15, 0.2) is 40.3 Å². The number of hydrogen-bond donors (Lipinski definition) is 2. The summed E-state index contributed by atoms with van der Waals surface area (Å²) in [6, 6.07) is 8.11. The number of benzene rings is 1. The number of nitrogens with zero attached hydrogens (tertiary/aromatic N) is 2. The Balaban J connectivity index is 2.31. The van der Waals surface area contributed by atoms with E-state index in [1.165, 1.54) is 0 Å². The average molecular weight is 246 g/mol. The van der Waals surface area contributed by atoms with Gasteiger partial charge in [-0.15, -0.1) is 0 Å². The molecule has 2 aromatic rings. The number of aryl methyl sites for hydroxylation is 1. The van der Waals surface area contributed by atoms with Crippen molar-refractivity contribution in [3.05, 3.63) is 36.2 Å². The first-order valence-corrected chi connectivity index (χ1v) is 6.06. The van der Waals surface area contributed by atoms with Crippen molar-refractivity contribution in [2.75, 3.05) is 18.1 Å². The smallest absolute Gasteiger partial charge is 0.220 e. The topological polar surface area (TPSA) is 63.8 Å². The van der Waals surface area contributed by atoms with Gasteiger partial charge in [0, 0.05) is 23.8 Å². The van der Waals surface area contributed by atoms with Crippen LogP contribution in [0, 0.1) is 6.92 Å². The maximum absolute atomic E-state index is 5.53. The van der Waals surface area contributed by atoms with Gasteiger partial charge in [0.2, 0.25) is 5.95 Å². The maximum Gasteiger partial charge on any atom is 0.220 e. The molecule has 2 rings (SSSR count). The molecule has 1 aromatic heterocycles. The third-order valence-corrected chi connectivity index (χ3v) is 3.53. The molecule has 0 saturated heterocycles. The summed E-state index contributed by atoms with van der Waals surface area (Å²) >= 11 is 1.63. The summed E-state index contributed by atoms with van der Waals surface area (Å²) in [4.78, 5) is 10.3. The summed E-state index contributed by atoms with van der Waals surface area (Å²) < 4.78 is 0. The highest BCUT2D eigenvalue weighted by Gasteiger charge is 2.06. The number of nitrogen functional groups attached to an aromatic ring is 1. The lowest BCUT2D eigenvalue weighted by atomic mass is 10.3. The molecular weight excluding hydrogens is 232 g/mol. The van der Waals surface area contributed by atoms with Crippen LogP contribution in [0.25, 0.3) is 0 Å². The summed E-state index contributed by atoms with van der Waals surface area (Å²) in [5, 5.41) is 3.16. The lowest BCUT2D eigenvalue weighted by Gasteiger charge is -2.09. The molecule has 17 heavy (non-hydrogen) atoms. The van der Waals surface area contributed by atoms with E-state index in [4.69, 9.17) is 5.73 Å². The van der Waals surface area contributed by atoms with Crippen LogP contribution < -0.4 is 11.1 Å². The second kappa shape index (κ2) is 5.05. The molecule has 0 aliphatic heterocycles. The molecule has 4 nitrogen and oxygen atoms in total. The third kappa shape index (κ3) is 2.68. The van der Waals surface area contributed by atoms with Crippen LogP contribution in [0.1, 0.15) is 5.69 Å². The van der Waals surface area contributed by atoms with E-state index < -0.39 is 0 Å². The Morgan fingerprint density at radius 2 is 2.00 bits per heavy atom. The van der Waals surface area contributed by atoms with Gasteiger partial charge in [-0.3, -0.25) is 0 Å². The first-order valence-electron chi connectivity index (χ1n) is 5.24. The second-order valence-electron chi connectivity index (χ2n) is 3.53. The highest BCUT2D eigenvalue weighted by molar-refractivity contribution is 7.99. The number of nitrogens with one attached hydrogen (secondary N) is 1. The van der Waals surface area contributed by atoms with Crippen molar-refractivity contribution in [1.29, 1.82) is 0 Å². The van der Waals surface area contributed by atoms with E-state index in [1.807, 2.05) is 32.2 Å². The normalized spacial score (nSPS) is 10.2. The van der Waals surface area contributed by atoms with Gasteiger partial charge in [-0.25, -0.2) is 9.97 Å². The average Bonchev–Trinajstić information content (AvgIpc) is 2.33. The molecule has 0 amide bonds. The van der Waals surface area contributed by atoms with Gasteiger partial charge >= 0.3 is 0 Å². The Bertz CT molecular complexity index is 528. The van der Waals surface area contributed by atoms with Crippen molar-refractivity contribution >= 4 is 23.4 Å². The third-order valence-electron chi connectivity index (χ3n) is 2.33. The van der Waals surface area contributed by atoms with Crippen LogP contribution in [0.2, 0.25) is 0 Å². The van der Waals surface area contributed by atoms with E-state index in [0.29, 0.717) is 5.95 Å². The first-order chi connectivity index (χ1) is 8.20. The van der Waals surface area contributed by atoms with E-state index in [0.717, 1.165) is 21.2 Å². The molecule has 1 heterocycles. The SMILES string of the molecule is CNc1ccccc1Sc1cnc(N)nc1C. The summed E-state index contributed by atoms with van der Waals surface area (Å²) in [5.41, 5.74) is 7.52. The molecule has 0 unspecified atom stereocenters. The lowest BCUT2D eigenvalue weighted by Crippen LogP contribution is -1.97. The maximum atomic E-state index is 5.53. The lowest BCUT2D eigenvalue weighted by molar-refractivity contribution is 1.04. The molecular formula is C12H14N4S. The van der Waals surface area contributed by atoms with E-state index in [2.05, 4.69) is 21.4 Å². The summed E-state index contributed by atoms with van der Waals surface area (Å²) in [6.07, 6.45) is 1.76. The quantitative estimate of drug-likeness (QED) is 0.871. The molecule has 0 aliphatic rings. The summed E-state index contributed by atoms with van der Waals surface area (Å²) in [7, 11) is 1.91. The first kappa shape index (κ1) is 11.7. The molecule has 3 N–H and O–H groups in total. The van der Waals surface area contributed by atoms with E-state index >= 15 is 0 Å². The van der Waals surface area contributed by atoms with E-state index in [9.17, 15) is 0 Å². The summed E-state index contributed by atoms with van der Waals surface area (Å²) in [6.45, 7) is 1.93. The van der Waals surface area contributed by atoms with Crippen LogP contribution in [-0.4, -0.2) is 17.0 Å². The highest BCUT2D eigenvalue weighted by atomic mass is 32.2. The van der Waals surface area contributed by atoms with Gasteiger partial charge in [0.05, 0.1) is 10.6 Å². The Labute approximate surface area is 105 Å². The molecule has 0 fully saturated rings. The van der Waals surface area contributed by atoms with E-state index in [-0.39, 0.29) is 0 Å². The van der Waals surface area contributed by atoms with Crippen molar-refractivity contribution in [3.63, 3.8) is 0 Å². The van der Waals surface area contributed by atoms with Crippen molar-refractivity contribution in [2.24, 2.45) is 0 Å². The number of para-hydroxylation sites is 1. The van der Waals surface area contributed by atoms with Crippen molar-refractivity contribution in [3.8, 4) is 0 Å². The Morgan fingerprint density at radius 1 is 1.24 bits per heavy atom. The van der Waals surface area contributed by atoms with Crippen LogP contribution in [0.4, 0.5) is 11.6 Å². The predicted molar refractivity (Wildman–Crippen MR) is 71.3 cm³/mol. The number of nitrogens with two attached hydrogens (primary N) is 1. The second-order valence-corrected chi connectivity index (χ2v) is 4.61. The molecule has 0 aliphatic carbocycles. The zero-order valence-electron chi connectivity index (χ0n) is 9.77. The largest absolute Gasteiger partial charge is 0.387 e. The van der Waals surface area contributed by atoms with Gasteiger partial charge < -0.3 is 11.1 Å². The molecule has 5 heteroatoms. The molecule has 88 valence electrons. The molecule has 0 spiro atoms. The standard InChI is InChI=1S/C12H14N4S/c1-8-11(7-15-12(13)16-8)17-10-6-4-3-5-9(10)14-2/h3-7,14H,1-2H3,(H2,13,15,16). The molecule has 0 atom stereocenters. The molecule has 0 saturated carbocycles. The monoisotopic (exact) mass is 246 g/mol. The minimum absolute atomic E-state index is 0.314. The van der Waals surface area contributed by atoms with E-state index in [1.54, 1.807) is 18.0 Å². The molecule has 1 aromatic carbocycles. The van der Waals surface area contributed by atoms with Gasteiger partial charge in [0.15, 0.2) is 0 Å². The van der Waals surface area contributed by atoms with Crippen molar-refractivity contribution in [2.45, 2.75) is 16.7 Å². The number of anilines is 2. The van der Waals surface area contributed by atoms with Gasteiger partial charge in [-0.1, -0.05) is 23.9 Å². The van der Waals surface area contributed by atoms with Crippen LogP contribution >= 0.6 is 11.8 Å². The van der Waals surface area contributed by atoms with Gasteiger partial charge in [0.1, 0.15) is 0 Å². The number of rotatable bonds is 3. The van der Waals surface area contributed by atoms with Crippen LogP contribution in [0.3, 0.4) is 0 Å². The minimum Gasteiger partial charge on any atom is -0.387 e. The van der Waals surface area contributed by atoms with Gasteiger partial charge in [-0.2, -0.15) is 0 Å². The summed E-state index contributed by atoms with van der Waals surface area (Å²) in [5.74, 6) is 0.314. The van der Waals surface area contributed by atoms with Crippen LogP contribution in [-0.2, 0) is 0 Å². The van der Waals surface area contributed by atoms with Crippen molar-refractivity contribution in [1.82, 2.24) is 9.97 Å².